The van der Waals surface area contributed by atoms with Crippen LogP contribution in [-0.4, -0.2) is 87.6 Å². The topological polar surface area (TPSA) is 170 Å². The van der Waals surface area contributed by atoms with Crippen molar-refractivity contribution in [3.63, 3.8) is 0 Å². The van der Waals surface area contributed by atoms with Crippen molar-refractivity contribution in [3.05, 3.63) is 87.4 Å². The highest BCUT2D eigenvalue weighted by Gasteiger charge is 2.53. The van der Waals surface area contributed by atoms with E-state index in [1.165, 1.54) is 37.1 Å². The highest BCUT2D eigenvalue weighted by atomic mass is 35.5. The Morgan fingerprint density at radius 3 is 2.39 bits per heavy atom. The van der Waals surface area contributed by atoms with Gasteiger partial charge in [0.05, 0.1) is 56.9 Å². The molecule has 14 nitrogen and oxygen atoms in total. The average molecular weight is 971 g/mol. The largest absolute Gasteiger partial charge is 0.475 e. The Bertz CT molecular complexity index is 2580. The third kappa shape index (κ3) is 10.4. The first kappa shape index (κ1) is 49.7. The number of aryl methyl sites for hydroxylation is 1. The zero-order valence-corrected chi connectivity index (χ0v) is 39.4. The highest BCUT2D eigenvalue weighted by molar-refractivity contribution is 7.81. The van der Waals surface area contributed by atoms with E-state index in [0.29, 0.717) is 17.9 Å². The number of likely N-dealkylation sites (tertiary alicyclic amines) is 1. The van der Waals surface area contributed by atoms with Crippen LogP contribution in [0.3, 0.4) is 0 Å². The molecule has 0 radical (unpaired) electrons. The van der Waals surface area contributed by atoms with Gasteiger partial charge in [0.15, 0.2) is 10.9 Å². The molecule has 2 aliphatic rings. The molecule has 4 heterocycles. The van der Waals surface area contributed by atoms with E-state index >= 15 is 4.39 Å². The lowest BCUT2D eigenvalue weighted by molar-refractivity contribution is -0.144. The van der Waals surface area contributed by atoms with Crippen LogP contribution >= 0.6 is 35.2 Å². The molecule has 0 saturated carbocycles. The van der Waals surface area contributed by atoms with Gasteiger partial charge in [-0.2, -0.15) is 18.4 Å². The fraction of sp³-hybridized carbons (Fsp3) is 0.422. The molecule has 2 fully saturated rings. The third-order valence-corrected chi connectivity index (χ3v) is 12.8. The van der Waals surface area contributed by atoms with E-state index < -0.39 is 75.4 Å². The fourth-order valence-corrected chi connectivity index (χ4v) is 9.30. The number of carbonyl (C=O) groups is 4. The van der Waals surface area contributed by atoms with Crippen molar-refractivity contribution in [2.45, 2.75) is 85.2 Å². The first-order valence-corrected chi connectivity index (χ1v) is 22.3. The van der Waals surface area contributed by atoms with Crippen molar-refractivity contribution in [1.82, 2.24) is 25.5 Å². The summed E-state index contributed by atoms with van der Waals surface area (Å²) in [5, 5.41) is 14.5. The number of nitrogens with one attached hydrogen (secondary N) is 2. The zero-order valence-electron chi connectivity index (χ0n) is 37.0. The molecule has 0 bridgehead atoms. The van der Waals surface area contributed by atoms with Crippen LogP contribution in [-0.2, 0) is 36.6 Å². The van der Waals surface area contributed by atoms with E-state index in [9.17, 15) is 37.6 Å². The number of rotatable bonds is 14. The summed E-state index contributed by atoms with van der Waals surface area (Å²) in [6.07, 6.45) is -3.55. The Hall–Kier alpha value is -5.75. The first-order chi connectivity index (χ1) is 30.9. The number of anilines is 2. The van der Waals surface area contributed by atoms with E-state index in [1.807, 2.05) is 58.9 Å². The number of alkyl halides is 3. The van der Waals surface area contributed by atoms with E-state index in [1.54, 1.807) is 21.7 Å². The number of halogens is 5. The maximum Gasteiger partial charge on any atom is 0.420 e. The summed E-state index contributed by atoms with van der Waals surface area (Å²) < 4.78 is 68.0. The van der Waals surface area contributed by atoms with Gasteiger partial charge in [0.2, 0.25) is 23.6 Å². The Labute approximate surface area is 393 Å². The number of amides is 4. The minimum Gasteiger partial charge on any atom is -0.475 e. The highest BCUT2D eigenvalue weighted by Crippen LogP contribution is 2.43. The van der Waals surface area contributed by atoms with Gasteiger partial charge in [-0.3, -0.25) is 24.1 Å². The Morgan fingerprint density at radius 1 is 1.09 bits per heavy atom. The maximum atomic E-state index is 15.4. The molecule has 2 N–H and O–H groups in total. The minimum absolute atomic E-state index is 0.00702. The number of nitriles is 1. The van der Waals surface area contributed by atoms with E-state index in [-0.39, 0.29) is 54.1 Å². The molecular weight excluding hydrogens is 924 g/mol. The number of nitrogens with zero attached hydrogens (tertiary/aromatic N) is 6. The summed E-state index contributed by atoms with van der Waals surface area (Å²) in [6, 6.07) is 10.4. The van der Waals surface area contributed by atoms with Gasteiger partial charge in [-0.1, -0.05) is 63.6 Å². The van der Waals surface area contributed by atoms with Gasteiger partial charge in [0, 0.05) is 19.2 Å². The predicted molar refractivity (Wildman–Crippen MR) is 243 cm³/mol. The van der Waals surface area contributed by atoms with Crippen LogP contribution in [0.25, 0.3) is 10.4 Å². The van der Waals surface area contributed by atoms with Gasteiger partial charge in [-0.15, -0.1) is 11.3 Å². The normalized spacial score (nSPS) is 17.8. The van der Waals surface area contributed by atoms with E-state index in [0.717, 1.165) is 33.8 Å². The number of pyridine rings is 1. The fourth-order valence-electron chi connectivity index (χ4n) is 7.75. The second-order valence-electron chi connectivity index (χ2n) is 17.5. The molecular formula is C45H47ClF4N8O6S2. The van der Waals surface area contributed by atoms with Crippen LogP contribution in [0.5, 0.6) is 5.88 Å². The minimum atomic E-state index is -5.24. The molecule has 6 rings (SSSR count). The third-order valence-electron chi connectivity index (χ3n) is 11.1. The standard InChI is InChI=1S/C45H47ClF4N8O6S2/c1-24-16-31(39(60)53-19-26-8-10-27(11-9-26)37-25(2)54-23-66-37)56(21-24)40(61)38(43(3,4)5)55-33(59)22-63-14-15-64-34-17-29(46)32(20-52-34)58-42(65)57(41(62)44(58,6)7)30-13-12-28(18-51)35(36(30)47)45(48,49)50/h8-13,17,20,23-24,31,38H,14-16,19,21-22H2,1-7H3,(H,53,60)(H,55,59)/t24-,31+,38-/m1/s1. The average Bonchev–Trinajstić information content (AvgIpc) is 3.91. The SMILES string of the molecule is Cc1ncsc1-c1ccc(CNC(=O)[C@@H]2C[C@@H](C)CN2C(=O)[C@@H](NC(=O)COCCOc2cc(Cl)c(N3C(=S)N(c4ccc(C#N)c(C(F)(F)F)c4F)C(=O)C3(C)C)cn2)C(C)(C)C)cc1. The van der Waals surface area contributed by atoms with Crippen LogP contribution < -0.4 is 25.2 Å². The number of benzene rings is 2. The van der Waals surface area contributed by atoms with Gasteiger partial charge < -0.3 is 29.9 Å². The number of thiocarbonyl (C=S) groups is 1. The number of hydrogen-bond acceptors (Lipinski definition) is 11. The first-order valence-electron chi connectivity index (χ1n) is 20.7. The van der Waals surface area contributed by atoms with Gasteiger partial charge in [-0.05, 0) is 74.0 Å². The molecule has 3 atom stereocenters. The number of ether oxygens (including phenoxy) is 2. The van der Waals surface area contributed by atoms with Crippen molar-refractivity contribution >= 4 is 75.3 Å². The molecule has 2 aromatic carbocycles. The molecule has 350 valence electrons. The zero-order chi connectivity index (χ0) is 48.5. The van der Waals surface area contributed by atoms with E-state index in [2.05, 4.69) is 20.6 Å². The van der Waals surface area contributed by atoms with Gasteiger partial charge in [0.25, 0.3) is 5.91 Å². The molecule has 2 aliphatic heterocycles. The number of aromatic nitrogens is 2. The lowest BCUT2D eigenvalue weighted by atomic mass is 9.85. The predicted octanol–water partition coefficient (Wildman–Crippen LogP) is 7.59. The molecule has 66 heavy (non-hydrogen) atoms. The summed E-state index contributed by atoms with van der Waals surface area (Å²) >= 11 is 13.6. The van der Waals surface area contributed by atoms with Crippen molar-refractivity contribution < 1.29 is 46.2 Å². The number of hydrogen-bond donors (Lipinski definition) is 2. The summed E-state index contributed by atoms with van der Waals surface area (Å²) in [6.45, 7) is 12.2. The monoisotopic (exact) mass is 970 g/mol. The lowest BCUT2D eigenvalue weighted by Crippen LogP contribution is -2.58. The molecule has 0 aliphatic carbocycles. The molecule has 2 saturated heterocycles. The van der Waals surface area contributed by atoms with Crippen molar-refractivity contribution in [1.29, 1.82) is 5.26 Å². The maximum absolute atomic E-state index is 15.4. The summed E-state index contributed by atoms with van der Waals surface area (Å²) in [5.41, 5.74) is -1.13. The molecule has 4 amide bonds. The molecule has 2 aromatic heterocycles. The second-order valence-corrected chi connectivity index (χ2v) is 19.1. The van der Waals surface area contributed by atoms with Crippen molar-refractivity contribution in [2.75, 3.05) is 36.2 Å². The second kappa shape index (κ2) is 19.6. The molecule has 0 spiro atoms. The van der Waals surface area contributed by atoms with Crippen molar-refractivity contribution in [2.24, 2.45) is 11.3 Å². The molecule has 0 unspecified atom stereocenters. The number of carbonyl (C=O) groups excluding carboxylic acids is 4. The van der Waals surface area contributed by atoms with Crippen LogP contribution in [0.4, 0.5) is 28.9 Å². The quantitative estimate of drug-likeness (QED) is 0.0725. The van der Waals surface area contributed by atoms with Crippen LogP contribution in [0.15, 0.2) is 54.2 Å². The van der Waals surface area contributed by atoms with Gasteiger partial charge >= 0.3 is 6.18 Å². The summed E-state index contributed by atoms with van der Waals surface area (Å²) in [5.74, 6) is -3.88. The molecule has 4 aromatic rings. The van der Waals surface area contributed by atoms with Gasteiger partial charge in [0.1, 0.15) is 36.4 Å². The summed E-state index contributed by atoms with van der Waals surface area (Å²) in [7, 11) is 0. The van der Waals surface area contributed by atoms with Gasteiger partial charge in [-0.25, -0.2) is 14.4 Å². The Morgan fingerprint density at radius 2 is 1.79 bits per heavy atom. The van der Waals surface area contributed by atoms with E-state index in [4.69, 9.17) is 33.3 Å². The smallest absolute Gasteiger partial charge is 0.420 e. The Balaban J connectivity index is 1.02. The number of thiazole rings is 1. The van der Waals surface area contributed by atoms with Crippen LogP contribution in [0.2, 0.25) is 5.02 Å². The van der Waals surface area contributed by atoms with Crippen molar-refractivity contribution in [3.8, 4) is 22.4 Å². The lowest BCUT2D eigenvalue weighted by Gasteiger charge is -2.35. The summed E-state index contributed by atoms with van der Waals surface area (Å²) in [4.78, 5) is 67.4. The van der Waals surface area contributed by atoms with Crippen LogP contribution in [0.1, 0.15) is 70.3 Å². The Kier molecular flexibility index (Phi) is 14.8. The molecule has 21 heteroatoms. The van der Waals surface area contributed by atoms with Crippen LogP contribution in [0, 0.1) is 35.4 Å².